The van der Waals surface area contributed by atoms with Gasteiger partial charge in [-0.05, 0) is 35.9 Å². The third-order valence-corrected chi connectivity index (χ3v) is 3.79. The van der Waals surface area contributed by atoms with Crippen LogP contribution >= 0.6 is 23.2 Å². The third-order valence-electron chi connectivity index (χ3n) is 3.05. The lowest BCUT2D eigenvalue weighted by Crippen LogP contribution is -2.00. The van der Waals surface area contributed by atoms with Crippen molar-refractivity contribution in [3.63, 3.8) is 0 Å². The quantitative estimate of drug-likeness (QED) is 0.754. The normalized spacial score (nSPS) is 10.5. The Bertz CT molecular complexity index is 848. The Morgan fingerprint density at radius 1 is 1.14 bits per heavy atom. The maximum atomic E-state index is 8.88. The van der Waals surface area contributed by atoms with Gasteiger partial charge in [-0.25, -0.2) is 4.98 Å². The molecule has 2 aromatic carbocycles. The van der Waals surface area contributed by atoms with Crippen molar-refractivity contribution in [2.45, 2.75) is 6.54 Å². The first-order valence-corrected chi connectivity index (χ1v) is 6.99. The van der Waals surface area contributed by atoms with E-state index in [0.717, 1.165) is 16.6 Å². The van der Waals surface area contributed by atoms with E-state index in [9.17, 15) is 0 Å². The van der Waals surface area contributed by atoms with Gasteiger partial charge in [0.05, 0.1) is 32.7 Å². The molecule has 2 N–H and O–H groups in total. The lowest BCUT2D eigenvalue weighted by molar-refractivity contribution is 1.10. The highest BCUT2D eigenvalue weighted by molar-refractivity contribution is 6.42. The van der Waals surface area contributed by atoms with E-state index in [-0.39, 0.29) is 0 Å². The number of nitrogens with zero attached hydrogens (tertiary/aromatic N) is 2. The molecule has 4 nitrogen and oxygen atoms in total. The number of aromatic nitrogens is 2. The van der Waals surface area contributed by atoms with Crippen LogP contribution in [0.3, 0.4) is 0 Å². The number of rotatable bonds is 3. The molecule has 0 fully saturated rings. The number of anilines is 1. The number of hydrogen-bond acceptors (Lipinski definition) is 3. The number of imidazole rings is 1. The fraction of sp³-hybridized carbons (Fsp3) is 0.0667. The smallest absolute Gasteiger partial charge is 0.201 e. The largest absolute Gasteiger partial charge is 0.352 e. The predicted molar refractivity (Wildman–Crippen MR) is 84.6 cm³/mol. The van der Waals surface area contributed by atoms with Gasteiger partial charge in [0.2, 0.25) is 5.95 Å². The van der Waals surface area contributed by atoms with Crippen molar-refractivity contribution in [1.29, 1.82) is 5.26 Å². The van der Waals surface area contributed by atoms with Crippen LogP contribution < -0.4 is 5.32 Å². The van der Waals surface area contributed by atoms with Crippen LogP contribution in [-0.2, 0) is 6.54 Å². The molecule has 1 aromatic heterocycles. The average Bonchev–Trinajstić information content (AvgIpc) is 2.90. The third kappa shape index (κ3) is 2.94. The van der Waals surface area contributed by atoms with Gasteiger partial charge in [-0.2, -0.15) is 5.26 Å². The summed E-state index contributed by atoms with van der Waals surface area (Å²) in [5, 5.41) is 13.1. The summed E-state index contributed by atoms with van der Waals surface area (Å²) in [6.45, 7) is 0.571. The topological polar surface area (TPSA) is 64.5 Å². The number of hydrogen-bond donors (Lipinski definition) is 2. The molecule has 0 saturated heterocycles. The molecular weight excluding hydrogens is 307 g/mol. The lowest BCUT2D eigenvalue weighted by atomic mass is 10.2. The van der Waals surface area contributed by atoms with Crippen LogP contribution in [0.15, 0.2) is 36.4 Å². The molecule has 1 heterocycles. The Morgan fingerprint density at radius 2 is 2.00 bits per heavy atom. The summed E-state index contributed by atoms with van der Waals surface area (Å²) in [5.41, 5.74) is 3.24. The Kier molecular flexibility index (Phi) is 3.70. The number of halogens is 2. The van der Waals surface area contributed by atoms with Crippen molar-refractivity contribution in [2.24, 2.45) is 0 Å². The molecule has 0 atom stereocenters. The van der Waals surface area contributed by atoms with E-state index >= 15 is 0 Å². The Balaban J connectivity index is 1.78. The maximum Gasteiger partial charge on any atom is 0.201 e. The molecule has 3 rings (SSSR count). The minimum absolute atomic E-state index is 0.527. The molecule has 0 saturated carbocycles. The molecule has 3 aromatic rings. The zero-order valence-electron chi connectivity index (χ0n) is 10.8. The fourth-order valence-corrected chi connectivity index (χ4v) is 2.32. The summed E-state index contributed by atoms with van der Waals surface area (Å²) >= 11 is 11.9. The molecule has 0 aliphatic carbocycles. The summed E-state index contributed by atoms with van der Waals surface area (Å²) in [5.74, 6) is 0.645. The number of nitrogens with one attached hydrogen (secondary N) is 2. The summed E-state index contributed by atoms with van der Waals surface area (Å²) < 4.78 is 0. The van der Waals surface area contributed by atoms with Crippen LogP contribution in [0.25, 0.3) is 11.0 Å². The van der Waals surface area contributed by atoms with Crippen LogP contribution in [0.2, 0.25) is 10.0 Å². The van der Waals surface area contributed by atoms with Gasteiger partial charge in [0.15, 0.2) is 0 Å². The Morgan fingerprint density at radius 3 is 2.76 bits per heavy atom. The monoisotopic (exact) mass is 316 g/mol. The second kappa shape index (κ2) is 5.65. The second-order valence-electron chi connectivity index (χ2n) is 4.53. The van der Waals surface area contributed by atoms with Crippen molar-refractivity contribution in [1.82, 2.24) is 9.97 Å². The van der Waals surface area contributed by atoms with E-state index in [0.29, 0.717) is 28.1 Å². The van der Waals surface area contributed by atoms with Crippen molar-refractivity contribution < 1.29 is 0 Å². The summed E-state index contributed by atoms with van der Waals surface area (Å²) in [6, 6.07) is 12.9. The molecule has 6 heteroatoms. The van der Waals surface area contributed by atoms with Gasteiger partial charge in [-0.15, -0.1) is 0 Å². The van der Waals surface area contributed by atoms with E-state index in [2.05, 4.69) is 21.4 Å². The van der Waals surface area contributed by atoms with E-state index in [1.165, 1.54) is 0 Å². The predicted octanol–water partition coefficient (Wildman–Crippen LogP) is 4.35. The van der Waals surface area contributed by atoms with Crippen LogP contribution in [0.1, 0.15) is 11.1 Å². The zero-order chi connectivity index (χ0) is 14.8. The fourth-order valence-electron chi connectivity index (χ4n) is 2.00. The standard InChI is InChI=1S/C15H10Cl2N4/c16-11-3-1-10(5-12(11)17)8-19-15-20-13-4-2-9(7-18)6-14(13)21-15/h1-6H,8H2,(H2,19,20,21). The highest BCUT2D eigenvalue weighted by Crippen LogP contribution is 2.23. The average molecular weight is 317 g/mol. The minimum Gasteiger partial charge on any atom is -0.352 e. The van der Waals surface area contributed by atoms with Gasteiger partial charge < -0.3 is 10.3 Å². The maximum absolute atomic E-state index is 8.88. The van der Waals surface area contributed by atoms with E-state index in [1.54, 1.807) is 18.2 Å². The first-order chi connectivity index (χ1) is 10.2. The number of fused-ring (bicyclic) bond motifs is 1. The van der Waals surface area contributed by atoms with Crippen molar-refractivity contribution >= 4 is 40.2 Å². The molecule has 21 heavy (non-hydrogen) atoms. The molecule has 0 aliphatic rings. The Labute approximate surface area is 131 Å². The highest BCUT2D eigenvalue weighted by Gasteiger charge is 2.04. The van der Waals surface area contributed by atoms with Crippen LogP contribution in [0, 0.1) is 11.3 Å². The lowest BCUT2D eigenvalue weighted by Gasteiger charge is -2.04. The van der Waals surface area contributed by atoms with Gasteiger partial charge in [0.1, 0.15) is 0 Å². The number of aromatic amines is 1. The summed E-state index contributed by atoms with van der Waals surface area (Å²) in [4.78, 5) is 7.54. The number of benzene rings is 2. The number of H-pyrrole nitrogens is 1. The van der Waals surface area contributed by atoms with Gasteiger partial charge in [-0.1, -0.05) is 29.3 Å². The molecule has 104 valence electrons. The second-order valence-corrected chi connectivity index (χ2v) is 5.35. The van der Waals surface area contributed by atoms with Crippen LogP contribution in [0.4, 0.5) is 5.95 Å². The van der Waals surface area contributed by atoms with Gasteiger partial charge in [-0.3, -0.25) is 0 Å². The molecule has 0 amide bonds. The molecular formula is C15H10Cl2N4. The van der Waals surface area contributed by atoms with E-state index < -0.39 is 0 Å². The first-order valence-electron chi connectivity index (χ1n) is 6.23. The van der Waals surface area contributed by atoms with Gasteiger partial charge in [0, 0.05) is 6.54 Å². The van der Waals surface area contributed by atoms with Crippen LogP contribution in [-0.4, -0.2) is 9.97 Å². The van der Waals surface area contributed by atoms with Gasteiger partial charge >= 0.3 is 0 Å². The van der Waals surface area contributed by atoms with Gasteiger partial charge in [0.25, 0.3) is 0 Å². The molecule has 0 radical (unpaired) electrons. The summed E-state index contributed by atoms with van der Waals surface area (Å²) in [6.07, 6.45) is 0. The van der Waals surface area contributed by atoms with E-state index in [1.807, 2.05) is 18.2 Å². The minimum atomic E-state index is 0.527. The van der Waals surface area contributed by atoms with Crippen molar-refractivity contribution in [3.8, 4) is 6.07 Å². The molecule has 0 bridgehead atoms. The first kappa shape index (κ1) is 13.7. The summed E-state index contributed by atoms with van der Waals surface area (Å²) in [7, 11) is 0. The SMILES string of the molecule is N#Cc1ccc2nc(NCc3ccc(Cl)c(Cl)c3)[nH]c2c1. The molecule has 0 unspecified atom stereocenters. The molecule has 0 aliphatic heterocycles. The van der Waals surface area contributed by atoms with Crippen molar-refractivity contribution in [3.05, 3.63) is 57.6 Å². The molecule has 0 spiro atoms. The van der Waals surface area contributed by atoms with E-state index in [4.69, 9.17) is 28.5 Å². The van der Waals surface area contributed by atoms with Crippen molar-refractivity contribution in [2.75, 3.05) is 5.32 Å². The number of nitriles is 1. The highest BCUT2D eigenvalue weighted by atomic mass is 35.5. The van der Waals surface area contributed by atoms with Crippen LogP contribution in [0.5, 0.6) is 0 Å². The zero-order valence-corrected chi connectivity index (χ0v) is 12.3. The Hall–Kier alpha value is -2.22.